The van der Waals surface area contributed by atoms with Crippen molar-refractivity contribution < 1.29 is 23.4 Å². The van der Waals surface area contributed by atoms with Crippen molar-refractivity contribution in [3.8, 4) is 22.3 Å². The van der Waals surface area contributed by atoms with Crippen LogP contribution in [0.1, 0.15) is 12.5 Å². The lowest BCUT2D eigenvalue weighted by Crippen LogP contribution is -2.45. The number of benzene rings is 1. The van der Waals surface area contributed by atoms with Gasteiger partial charge < -0.3 is 23.5 Å². The van der Waals surface area contributed by atoms with Crippen molar-refractivity contribution in [2.24, 2.45) is 0 Å². The molecule has 1 saturated heterocycles. The number of furan rings is 1. The number of hydrogen-bond donors (Lipinski definition) is 0. The molecule has 4 heterocycles. The van der Waals surface area contributed by atoms with Gasteiger partial charge in [0.2, 0.25) is 12.0 Å². The number of halogens is 1. The summed E-state index contributed by atoms with van der Waals surface area (Å²) < 4.78 is 24.2. The fourth-order valence-corrected chi connectivity index (χ4v) is 6.36. The summed E-state index contributed by atoms with van der Waals surface area (Å²) in [4.78, 5) is 28.2. The van der Waals surface area contributed by atoms with E-state index < -0.39 is 12.1 Å². The zero-order chi connectivity index (χ0) is 27.2. The normalized spacial score (nSPS) is 15.4. The third-order valence-corrected chi connectivity index (χ3v) is 8.75. The van der Waals surface area contributed by atoms with Gasteiger partial charge in [-0.15, -0.1) is 11.3 Å². The number of hydrogen-bond acceptors (Lipinski definition) is 10. The first kappa shape index (κ1) is 27.6. The minimum atomic E-state index is -0.927. The van der Waals surface area contributed by atoms with E-state index in [0.717, 1.165) is 53.4 Å². The fourth-order valence-electron chi connectivity index (χ4n) is 4.44. The highest BCUT2D eigenvalue weighted by molar-refractivity contribution is 9.10. The first-order valence-corrected chi connectivity index (χ1v) is 14.6. The minimum absolute atomic E-state index is 0.242. The SMILES string of the molecule is CCOC(=O)[C@@H](Cc1ccccc1OCCN1CCN(C)CC1)Oc1ncnc2sc(-c3ccco3)c(Br)c12. The predicted octanol–water partition coefficient (Wildman–Crippen LogP) is 4.89. The standard InChI is InChI=1S/C28H31BrN4O5S/c1-3-35-28(34)22(17-19-7-4-5-8-20(19)37-16-14-33-12-10-32(2)11-13-33)38-26-23-24(29)25(21-9-6-15-36-21)39-27(23)31-18-30-26/h4-9,15,18,22H,3,10-14,16-17H2,1-2H3/t22-/m1/s1. The molecule has 1 atom stereocenters. The number of carbonyl (C=O) groups is 1. The van der Waals surface area contributed by atoms with Gasteiger partial charge in [-0.05, 0) is 53.7 Å². The molecule has 1 aliphatic rings. The van der Waals surface area contributed by atoms with Crippen LogP contribution in [0.5, 0.6) is 11.6 Å². The molecule has 0 unspecified atom stereocenters. The van der Waals surface area contributed by atoms with Gasteiger partial charge in [0.25, 0.3) is 0 Å². The molecule has 5 rings (SSSR count). The van der Waals surface area contributed by atoms with Crippen LogP contribution in [-0.2, 0) is 16.0 Å². The summed E-state index contributed by atoms with van der Waals surface area (Å²) in [6.45, 7) is 7.63. The zero-order valence-corrected chi connectivity index (χ0v) is 24.4. The van der Waals surface area contributed by atoms with Crippen molar-refractivity contribution in [3.63, 3.8) is 0 Å². The number of esters is 1. The van der Waals surface area contributed by atoms with Gasteiger partial charge in [0.1, 0.15) is 29.3 Å². The molecule has 11 heteroatoms. The number of fused-ring (bicyclic) bond motifs is 1. The van der Waals surface area contributed by atoms with Gasteiger partial charge in [-0.25, -0.2) is 14.8 Å². The Morgan fingerprint density at radius 2 is 1.97 bits per heavy atom. The van der Waals surface area contributed by atoms with Gasteiger partial charge in [0, 0.05) is 39.1 Å². The van der Waals surface area contributed by atoms with E-state index in [0.29, 0.717) is 28.5 Å². The summed E-state index contributed by atoms with van der Waals surface area (Å²) in [6.07, 6.45) is 2.40. The lowest BCUT2D eigenvalue weighted by Gasteiger charge is -2.32. The highest BCUT2D eigenvalue weighted by Gasteiger charge is 2.28. The van der Waals surface area contributed by atoms with E-state index in [1.54, 1.807) is 13.2 Å². The summed E-state index contributed by atoms with van der Waals surface area (Å²) >= 11 is 5.13. The van der Waals surface area contributed by atoms with Gasteiger partial charge >= 0.3 is 5.97 Å². The van der Waals surface area contributed by atoms with Crippen molar-refractivity contribution in [2.45, 2.75) is 19.4 Å². The van der Waals surface area contributed by atoms with Gasteiger partial charge in [0.15, 0.2) is 0 Å². The second-order valence-electron chi connectivity index (χ2n) is 9.25. The molecule has 0 spiro atoms. The van der Waals surface area contributed by atoms with Crippen LogP contribution in [0.3, 0.4) is 0 Å². The number of piperazine rings is 1. The average molecular weight is 616 g/mol. The Kier molecular flexibility index (Phi) is 9.13. The number of likely N-dealkylation sites (N-methyl/N-ethyl adjacent to an activating group) is 1. The molecule has 3 aromatic heterocycles. The van der Waals surface area contributed by atoms with Crippen LogP contribution in [0.2, 0.25) is 0 Å². The van der Waals surface area contributed by atoms with Crippen LogP contribution in [0.4, 0.5) is 0 Å². The predicted molar refractivity (Wildman–Crippen MR) is 153 cm³/mol. The average Bonchev–Trinajstić information content (AvgIpc) is 3.59. The molecule has 1 fully saturated rings. The molecule has 1 aliphatic heterocycles. The van der Waals surface area contributed by atoms with E-state index in [1.807, 2.05) is 36.4 Å². The Morgan fingerprint density at radius 1 is 1.15 bits per heavy atom. The summed E-state index contributed by atoms with van der Waals surface area (Å²) in [5.41, 5.74) is 0.861. The molecular weight excluding hydrogens is 584 g/mol. The van der Waals surface area contributed by atoms with Crippen molar-refractivity contribution in [2.75, 3.05) is 53.0 Å². The van der Waals surface area contributed by atoms with Gasteiger partial charge in [-0.2, -0.15) is 0 Å². The van der Waals surface area contributed by atoms with E-state index in [9.17, 15) is 4.79 Å². The number of nitrogens with zero attached hydrogens (tertiary/aromatic N) is 4. The summed E-state index contributed by atoms with van der Waals surface area (Å²) in [5, 5.41) is 0.680. The Bertz CT molecular complexity index is 1390. The fraction of sp³-hybridized carbons (Fsp3) is 0.393. The van der Waals surface area contributed by atoms with Gasteiger partial charge in [-0.3, -0.25) is 4.90 Å². The van der Waals surface area contributed by atoms with Crippen LogP contribution >= 0.6 is 27.3 Å². The maximum absolute atomic E-state index is 13.1. The summed E-state index contributed by atoms with van der Waals surface area (Å²) in [6, 6.07) is 11.4. The Balaban J connectivity index is 1.35. The summed E-state index contributed by atoms with van der Waals surface area (Å²) in [7, 11) is 2.15. The Hall–Kier alpha value is -2.99. The smallest absolute Gasteiger partial charge is 0.347 e. The molecule has 206 valence electrons. The first-order valence-electron chi connectivity index (χ1n) is 12.9. The maximum atomic E-state index is 13.1. The quantitative estimate of drug-likeness (QED) is 0.219. The maximum Gasteiger partial charge on any atom is 0.347 e. The van der Waals surface area contributed by atoms with Gasteiger partial charge in [-0.1, -0.05) is 18.2 Å². The largest absolute Gasteiger partial charge is 0.492 e. The molecule has 39 heavy (non-hydrogen) atoms. The molecule has 4 aromatic rings. The van der Waals surface area contributed by atoms with E-state index in [4.69, 9.17) is 18.6 Å². The second-order valence-corrected chi connectivity index (χ2v) is 11.0. The number of aromatic nitrogens is 2. The number of rotatable bonds is 11. The molecule has 0 radical (unpaired) electrons. The van der Waals surface area contributed by atoms with Crippen molar-refractivity contribution in [1.82, 2.24) is 19.8 Å². The minimum Gasteiger partial charge on any atom is -0.492 e. The third kappa shape index (κ3) is 6.60. The Morgan fingerprint density at radius 3 is 2.74 bits per heavy atom. The van der Waals surface area contributed by atoms with E-state index in [2.05, 4.69) is 42.7 Å². The molecule has 0 amide bonds. The van der Waals surface area contributed by atoms with E-state index >= 15 is 0 Å². The topological polar surface area (TPSA) is 90.2 Å². The van der Waals surface area contributed by atoms with Crippen LogP contribution in [-0.4, -0.2) is 84.8 Å². The van der Waals surface area contributed by atoms with Crippen molar-refractivity contribution in [1.29, 1.82) is 0 Å². The van der Waals surface area contributed by atoms with Crippen molar-refractivity contribution in [3.05, 3.63) is 59.0 Å². The summed E-state index contributed by atoms with van der Waals surface area (Å²) in [5.74, 6) is 1.27. The third-order valence-electron chi connectivity index (χ3n) is 6.58. The van der Waals surface area contributed by atoms with Crippen LogP contribution in [0.15, 0.2) is 57.9 Å². The number of carbonyl (C=O) groups excluding carboxylic acids is 1. The molecule has 1 aromatic carbocycles. The molecule has 0 bridgehead atoms. The zero-order valence-electron chi connectivity index (χ0n) is 22.0. The lowest BCUT2D eigenvalue weighted by atomic mass is 10.1. The molecule has 0 aliphatic carbocycles. The highest BCUT2D eigenvalue weighted by atomic mass is 79.9. The molecular formula is C28H31BrN4O5S. The van der Waals surface area contributed by atoms with Gasteiger partial charge in [0.05, 0.1) is 27.6 Å². The monoisotopic (exact) mass is 614 g/mol. The van der Waals surface area contributed by atoms with Crippen LogP contribution in [0.25, 0.3) is 20.9 Å². The van der Waals surface area contributed by atoms with E-state index in [-0.39, 0.29) is 13.0 Å². The second kappa shape index (κ2) is 12.9. The molecule has 9 nitrogen and oxygen atoms in total. The Labute approximate surface area is 239 Å². The van der Waals surface area contributed by atoms with E-state index in [1.165, 1.54) is 17.7 Å². The lowest BCUT2D eigenvalue weighted by molar-refractivity contribution is -0.151. The first-order chi connectivity index (χ1) is 19.0. The molecule has 0 saturated carbocycles. The molecule has 0 N–H and O–H groups in total. The van der Waals surface area contributed by atoms with Crippen molar-refractivity contribution >= 4 is 43.5 Å². The number of para-hydroxylation sites is 1. The highest BCUT2D eigenvalue weighted by Crippen LogP contribution is 2.44. The van der Waals surface area contributed by atoms with Crippen LogP contribution < -0.4 is 9.47 Å². The number of ether oxygens (including phenoxy) is 3. The number of thiophene rings is 1. The van der Waals surface area contributed by atoms with Crippen LogP contribution in [0, 0.1) is 0 Å².